The number of likely N-dealkylation sites (tertiary alicyclic amines) is 1. The van der Waals surface area contributed by atoms with Crippen molar-refractivity contribution in [2.75, 3.05) is 13.1 Å². The van der Waals surface area contributed by atoms with Crippen LogP contribution < -0.4 is 4.90 Å². The summed E-state index contributed by atoms with van der Waals surface area (Å²) in [4.78, 5) is 1.51. The van der Waals surface area contributed by atoms with Crippen LogP contribution in [-0.4, -0.2) is 33.3 Å². The molecule has 0 unspecified atom stereocenters. The highest BCUT2D eigenvalue weighted by Crippen LogP contribution is 2.30. The maximum absolute atomic E-state index is 13.5. The third kappa shape index (κ3) is 3.80. The Bertz CT molecular complexity index is 684. The summed E-state index contributed by atoms with van der Waals surface area (Å²) in [6.45, 7) is 2.25. The highest BCUT2D eigenvalue weighted by atomic mass is 19.1. The second-order valence-corrected chi connectivity index (χ2v) is 7.83. The summed E-state index contributed by atoms with van der Waals surface area (Å²) in [5, 5.41) is 12.9. The lowest BCUT2D eigenvalue weighted by atomic mass is 9.95. The fourth-order valence-electron chi connectivity index (χ4n) is 4.67. The summed E-state index contributed by atoms with van der Waals surface area (Å²) in [6.07, 6.45) is 11.2. The maximum Gasteiger partial charge on any atom is 0.214 e. The fraction of sp³-hybridized carbons (Fsp3) is 0.650. The minimum absolute atomic E-state index is 0.0885. The predicted molar refractivity (Wildman–Crippen MR) is 97.3 cm³/mol. The van der Waals surface area contributed by atoms with Crippen molar-refractivity contribution in [3.8, 4) is 0 Å². The van der Waals surface area contributed by atoms with Crippen LogP contribution in [0, 0.1) is 5.82 Å². The van der Waals surface area contributed by atoms with Crippen LogP contribution in [0.5, 0.6) is 0 Å². The summed E-state index contributed by atoms with van der Waals surface area (Å²) in [7, 11) is 0. The van der Waals surface area contributed by atoms with Gasteiger partial charge in [0.2, 0.25) is 5.82 Å². The Morgan fingerprint density at radius 2 is 1.58 bits per heavy atom. The quantitative estimate of drug-likeness (QED) is 0.914. The zero-order chi connectivity index (χ0) is 17.8. The average Bonchev–Trinajstić information content (AvgIpc) is 3.00. The molecule has 6 heteroatoms. The van der Waals surface area contributed by atoms with Gasteiger partial charge in [0.05, 0.1) is 19.1 Å². The number of hydrogen-bond acceptors (Lipinski definition) is 3. The van der Waals surface area contributed by atoms with Crippen LogP contribution >= 0.6 is 0 Å². The predicted octanol–water partition coefficient (Wildman–Crippen LogP) is 2.87. The zero-order valence-corrected chi connectivity index (χ0v) is 15.4. The van der Waals surface area contributed by atoms with Gasteiger partial charge in [-0.25, -0.2) is 9.07 Å². The summed E-state index contributed by atoms with van der Waals surface area (Å²) in [5.74, 6) is 0.769. The highest BCUT2D eigenvalue weighted by Gasteiger charge is 2.34. The van der Waals surface area contributed by atoms with Gasteiger partial charge in [-0.15, -0.1) is 5.10 Å². The van der Waals surface area contributed by atoms with E-state index in [2.05, 4.69) is 20.2 Å². The number of rotatable bonds is 4. The molecule has 1 saturated heterocycles. The van der Waals surface area contributed by atoms with E-state index in [9.17, 15) is 4.39 Å². The number of benzene rings is 1. The normalized spacial score (nSPS) is 21.4. The van der Waals surface area contributed by atoms with Crippen LogP contribution in [0.25, 0.3) is 0 Å². The van der Waals surface area contributed by atoms with Crippen molar-refractivity contribution in [3.05, 3.63) is 41.5 Å². The Hall–Kier alpha value is -1.82. The van der Waals surface area contributed by atoms with E-state index in [0.717, 1.165) is 37.3 Å². The van der Waals surface area contributed by atoms with Crippen LogP contribution in [0.15, 0.2) is 24.3 Å². The molecular formula is C20H29FN5+. The smallest absolute Gasteiger partial charge is 0.214 e. The van der Waals surface area contributed by atoms with E-state index in [1.54, 1.807) is 12.1 Å². The van der Waals surface area contributed by atoms with E-state index in [0.29, 0.717) is 6.04 Å². The highest BCUT2D eigenvalue weighted by molar-refractivity contribution is 5.23. The lowest BCUT2D eigenvalue weighted by molar-refractivity contribution is -0.925. The number of nitrogens with one attached hydrogen (secondary N) is 1. The van der Waals surface area contributed by atoms with Crippen LogP contribution in [0.4, 0.5) is 4.39 Å². The Morgan fingerprint density at radius 3 is 2.27 bits per heavy atom. The van der Waals surface area contributed by atoms with Crippen LogP contribution in [-0.2, 0) is 0 Å². The largest absolute Gasteiger partial charge is 0.322 e. The van der Waals surface area contributed by atoms with Gasteiger partial charge in [0, 0.05) is 5.56 Å². The molecule has 1 aromatic heterocycles. The van der Waals surface area contributed by atoms with Gasteiger partial charge in [0.1, 0.15) is 5.82 Å². The topological polar surface area (TPSA) is 48.0 Å². The molecule has 2 fully saturated rings. The van der Waals surface area contributed by atoms with Gasteiger partial charge in [-0.1, -0.05) is 19.3 Å². The SMILES string of the molecule is Fc1ccc([C@H](c2nnnn2C2CCCCC2)[NH+]2CCCCCC2)cc1. The number of hydrogen-bond donors (Lipinski definition) is 1. The van der Waals surface area contributed by atoms with Gasteiger partial charge >= 0.3 is 0 Å². The molecule has 140 valence electrons. The Balaban J connectivity index is 1.70. The van der Waals surface area contributed by atoms with Gasteiger partial charge < -0.3 is 4.90 Å². The van der Waals surface area contributed by atoms with E-state index < -0.39 is 0 Å². The molecule has 1 atom stereocenters. The second kappa shape index (κ2) is 8.25. The minimum atomic E-state index is -0.190. The second-order valence-electron chi connectivity index (χ2n) is 7.83. The van der Waals surface area contributed by atoms with E-state index in [1.165, 1.54) is 49.8 Å². The van der Waals surface area contributed by atoms with Gasteiger partial charge in [0.25, 0.3) is 0 Å². The van der Waals surface area contributed by atoms with Crippen molar-refractivity contribution < 1.29 is 9.29 Å². The molecule has 1 aromatic carbocycles. The summed E-state index contributed by atoms with van der Waals surface area (Å²) < 4.78 is 15.6. The molecule has 0 radical (unpaired) electrons. The third-order valence-corrected chi connectivity index (χ3v) is 6.05. The van der Waals surface area contributed by atoms with E-state index >= 15 is 0 Å². The third-order valence-electron chi connectivity index (χ3n) is 6.05. The zero-order valence-electron chi connectivity index (χ0n) is 15.4. The standard InChI is InChI=1S/C20H28FN5/c21-17-12-10-16(11-13-17)19(25-14-6-1-2-7-15-25)20-22-23-24-26(20)18-8-4-3-5-9-18/h10-13,18-19H,1-9,14-15H2/p+1/t19-/m1/s1. The lowest BCUT2D eigenvalue weighted by Crippen LogP contribution is -3.12. The Labute approximate surface area is 154 Å². The maximum atomic E-state index is 13.5. The first kappa shape index (κ1) is 17.6. The molecule has 1 N–H and O–H groups in total. The van der Waals surface area contributed by atoms with Crippen molar-refractivity contribution in [1.82, 2.24) is 20.2 Å². The van der Waals surface area contributed by atoms with Gasteiger partial charge in [0.15, 0.2) is 6.04 Å². The van der Waals surface area contributed by atoms with Crippen LogP contribution in [0.1, 0.15) is 81.3 Å². The van der Waals surface area contributed by atoms with E-state index in [1.807, 2.05) is 12.1 Å². The minimum Gasteiger partial charge on any atom is -0.322 e. The number of nitrogens with zero attached hydrogens (tertiary/aromatic N) is 4. The van der Waals surface area contributed by atoms with Crippen molar-refractivity contribution in [1.29, 1.82) is 0 Å². The van der Waals surface area contributed by atoms with Crippen LogP contribution in [0.2, 0.25) is 0 Å². The molecule has 0 amide bonds. The summed E-state index contributed by atoms with van der Waals surface area (Å²) in [6, 6.07) is 7.45. The van der Waals surface area contributed by atoms with Gasteiger partial charge in [-0.2, -0.15) is 0 Å². The Morgan fingerprint density at radius 1 is 0.923 bits per heavy atom. The first-order valence-electron chi connectivity index (χ1n) is 10.2. The molecule has 2 heterocycles. The van der Waals surface area contributed by atoms with Crippen molar-refractivity contribution in [2.45, 2.75) is 69.9 Å². The number of quaternary nitrogens is 1. The molecule has 0 bridgehead atoms. The summed E-state index contributed by atoms with van der Waals surface area (Å²) >= 11 is 0. The van der Waals surface area contributed by atoms with Crippen molar-refractivity contribution in [3.63, 3.8) is 0 Å². The molecule has 0 spiro atoms. The number of aromatic nitrogens is 4. The molecule has 4 rings (SSSR count). The monoisotopic (exact) mass is 358 g/mol. The molecule has 1 aliphatic heterocycles. The first-order chi connectivity index (χ1) is 12.8. The molecule has 2 aliphatic rings. The number of halogens is 1. The number of tetrazole rings is 1. The molecule has 1 saturated carbocycles. The average molecular weight is 358 g/mol. The lowest BCUT2D eigenvalue weighted by Gasteiger charge is -2.29. The van der Waals surface area contributed by atoms with Crippen molar-refractivity contribution in [2.24, 2.45) is 0 Å². The molecule has 26 heavy (non-hydrogen) atoms. The van der Waals surface area contributed by atoms with Crippen LogP contribution in [0.3, 0.4) is 0 Å². The molecule has 1 aliphatic carbocycles. The van der Waals surface area contributed by atoms with Gasteiger partial charge in [-0.05, 0) is 73.2 Å². The van der Waals surface area contributed by atoms with Gasteiger partial charge in [-0.3, -0.25) is 0 Å². The first-order valence-corrected chi connectivity index (χ1v) is 10.2. The fourth-order valence-corrected chi connectivity index (χ4v) is 4.67. The molecule has 5 nitrogen and oxygen atoms in total. The summed E-state index contributed by atoms with van der Waals surface area (Å²) in [5.41, 5.74) is 1.12. The Kier molecular flexibility index (Phi) is 5.58. The van der Waals surface area contributed by atoms with E-state index in [-0.39, 0.29) is 11.9 Å². The molecular weight excluding hydrogens is 329 g/mol. The van der Waals surface area contributed by atoms with E-state index in [4.69, 9.17) is 0 Å². The van der Waals surface area contributed by atoms with Crippen molar-refractivity contribution >= 4 is 0 Å². The molecule has 2 aromatic rings.